The van der Waals surface area contributed by atoms with Gasteiger partial charge in [0, 0.05) is 73.8 Å². The molecule has 5 nitrogen and oxygen atoms in total. The maximum Gasteiger partial charge on any atom is 0.133 e. The molecule has 2 aliphatic rings. The van der Waals surface area contributed by atoms with Crippen molar-refractivity contribution < 1.29 is 0 Å². The number of aromatic nitrogens is 3. The molecule has 0 aliphatic carbocycles. The predicted octanol–water partition coefficient (Wildman–Crippen LogP) is 3.72. The molecule has 5 heteroatoms. The number of rotatable bonds is 3. The summed E-state index contributed by atoms with van der Waals surface area (Å²) in [5.41, 5.74) is 3.85. The molecule has 27 heavy (non-hydrogen) atoms. The molecule has 2 aromatic heterocycles. The average molecular weight is 366 g/mol. The molecule has 4 rings (SSSR count). The van der Waals surface area contributed by atoms with Crippen LogP contribution in [0.4, 0.5) is 5.82 Å². The van der Waals surface area contributed by atoms with Gasteiger partial charge < -0.3 is 4.90 Å². The lowest BCUT2D eigenvalue weighted by molar-refractivity contribution is 0.242. The fourth-order valence-electron chi connectivity index (χ4n) is 4.06. The van der Waals surface area contributed by atoms with E-state index in [4.69, 9.17) is 9.97 Å². The number of piperidine rings is 1. The number of nitrogens with zero attached hydrogens (tertiary/aromatic N) is 5. The summed E-state index contributed by atoms with van der Waals surface area (Å²) in [4.78, 5) is 19.2. The van der Waals surface area contributed by atoms with Crippen LogP contribution in [0.15, 0.2) is 24.5 Å². The van der Waals surface area contributed by atoms with Gasteiger partial charge in [0.25, 0.3) is 0 Å². The molecule has 2 aromatic rings. The Morgan fingerprint density at radius 1 is 1.04 bits per heavy atom. The Morgan fingerprint density at radius 3 is 2.63 bits per heavy atom. The lowest BCUT2D eigenvalue weighted by Crippen LogP contribution is -2.34. The molecule has 144 valence electrons. The number of hydrogen-bond donors (Lipinski definition) is 0. The summed E-state index contributed by atoms with van der Waals surface area (Å²) in [7, 11) is 0. The molecular weight excluding hydrogens is 334 g/mol. The van der Waals surface area contributed by atoms with E-state index in [0.717, 1.165) is 45.0 Å². The van der Waals surface area contributed by atoms with Gasteiger partial charge in [0.05, 0.1) is 0 Å². The van der Waals surface area contributed by atoms with Gasteiger partial charge in [-0.05, 0) is 25.3 Å². The molecule has 0 N–H and O–H groups in total. The largest absolute Gasteiger partial charge is 0.356 e. The van der Waals surface area contributed by atoms with Crippen LogP contribution in [0.2, 0.25) is 0 Å². The third-order valence-corrected chi connectivity index (χ3v) is 5.60. The topological polar surface area (TPSA) is 45.2 Å². The molecule has 0 atom stereocenters. The first kappa shape index (κ1) is 18.4. The summed E-state index contributed by atoms with van der Waals surface area (Å²) in [5.74, 6) is 2.14. The zero-order valence-electron chi connectivity index (χ0n) is 16.9. The molecule has 1 saturated heterocycles. The lowest BCUT2D eigenvalue weighted by Gasteiger charge is -2.32. The van der Waals surface area contributed by atoms with E-state index in [9.17, 15) is 0 Å². The summed E-state index contributed by atoms with van der Waals surface area (Å²) >= 11 is 0. The van der Waals surface area contributed by atoms with Crippen LogP contribution in [0.5, 0.6) is 0 Å². The first-order chi connectivity index (χ1) is 13.0. The maximum absolute atomic E-state index is 4.86. The van der Waals surface area contributed by atoms with Crippen molar-refractivity contribution in [1.82, 2.24) is 19.9 Å². The second-order valence-corrected chi connectivity index (χ2v) is 8.91. The van der Waals surface area contributed by atoms with Crippen LogP contribution < -0.4 is 4.90 Å². The highest BCUT2D eigenvalue weighted by molar-refractivity contribution is 5.47. The Hall–Kier alpha value is -2.01. The minimum absolute atomic E-state index is 0.00518. The fourth-order valence-corrected chi connectivity index (χ4v) is 4.06. The van der Waals surface area contributed by atoms with Crippen LogP contribution in [0.1, 0.15) is 62.7 Å². The highest BCUT2D eigenvalue weighted by Gasteiger charge is 2.24. The number of pyridine rings is 1. The second kappa shape index (κ2) is 7.55. The summed E-state index contributed by atoms with van der Waals surface area (Å²) in [5, 5.41) is 0. The van der Waals surface area contributed by atoms with Gasteiger partial charge in [0.2, 0.25) is 0 Å². The highest BCUT2D eigenvalue weighted by atomic mass is 15.2. The Balaban J connectivity index is 1.49. The van der Waals surface area contributed by atoms with Gasteiger partial charge in [0.1, 0.15) is 11.6 Å². The minimum atomic E-state index is 0.00518. The average Bonchev–Trinajstić information content (AvgIpc) is 2.68. The standard InChI is InChI=1S/C22H31N5/c1-22(2,3)21-24-14-18-16-26(13-9-19(18)25-21)15-17-8-7-10-23-20(17)27-11-5-4-6-12-27/h7-8,10,14H,4-6,9,11-13,15-16H2,1-3H3. The summed E-state index contributed by atoms with van der Waals surface area (Å²) < 4.78 is 0. The maximum atomic E-state index is 4.86. The third-order valence-electron chi connectivity index (χ3n) is 5.60. The van der Waals surface area contributed by atoms with Crippen LogP contribution in [0, 0.1) is 0 Å². The Kier molecular flexibility index (Phi) is 5.13. The van der Waals surface area contributed by atoms with Crippen LogP contribution >= 0.6 is 0 Å². The Bertz CT molecular complexity index is 790. The van der Waals surface area contributed by atoms with Crippen molar-refractivity contribution in [3.63, 3.8) is 0 Å². The van der Waals surface area contributed by atoms with E-state index in [-0.39, 0.29) is 5.41 Å². The summed E-state index contributed by atoms with van der Waals surface area (Å²) in [6.45, 7) is 11.7. The van der Waals surface area contributed by atoms with Gasteiger partial charge in [0.15, 0.2) is 0 Å². The zero-order valence-corrected chi connectivity index (χ0v) is 16.9. The van der Waals surface area contributed by atoms with Gasteiger partial charge >= 0.3 is 0 Å². The first-order valence-corrected chi connectivity index (χ1v) is 10.3. The van der Waals surface area contributed by atoms with Crippen molar-refractivity contribution in [2.75, 3.05) is 24.5 Å². The number of fused-ring (bicyclic) bond motifs is 1. The van der Waals surface area contributed by atoms with Crippen LogP contribution in [-0.4, -0.2) is 39.5 Å². The normalized spacial score (nSPS) is 18.4. The molecule has 0 aromatic carbocycles. The van der Waals surface area contributed by atoms with Crippen molar-refractivity contribution >= 4 is 5.82 Å². The smallest absolute Gasteiger partial charge is 0.133 e. The van der Waals surface area contributed by atoms with Crippen LogP contribution in [-0.2, 0) is 24.9 Å². The van der Waals surface area contributed by atoms with E-state index in [1.165, 1.54) is 41.9 Å². The Labute approximate surface area is 162 Å². The van der Waals surface area contributed by atoms with Gasteiger partial charge in [-0.15, -0.1) is 0 Å². The molecule has 1 fully saturated rings. The van der Waals surface area contributed by atoms with Gasteiger partial charge in [-0.25, -0.2) is 15.0 Å². The second-order valence-electron chi connectivity index (χ2n) is 8.91. The molecule has 0 radical (unpaired) electrons. The van der Waals surface area contributed by atoms with E-state index in [2.05, 4.69) is 47.7 Å². The van der Waals surface area contributed by atoms with Crippen molar-refractivity contribution in [3.05, 3.63) is 47.2 Å². The van der Waals surface area contributed by atoms with Crippen LogP contribution in [0.25, 0.3) is 0 Å². The molecular formula is C22H31N5. The van der Waals surface area contributed by atoms with E-state index in [1.54, 1.807) is 0 Å². The quantitative estimate of drug-likeness (QED) is 0.829. The number of hydrogen-bond acceptors (Lipinski definition) is 5. The summed E-state index contributed by atoms with van der Waals surface area (Å²) in [6.07, 6.45) is 8.88. The van der Waals surface area contributed by atoms with Gasteiger partial charge in [-0.1, -0.05) is 26.8 Å². The van der Waals surface area contributed by atoms with E-state index in [1.807, 2.05) is 12.4 Å². The zero-order chi connectivity index (χ0) is 18.9. The molecule has 0 bridgehead atoms. The molecule has 0 saturated carbocycles. The lowest BCUT2D eigenvalue weighted by atomic mass is 9.95. The van der Waals surface area contributed by atoms with Crippen molar-refractivity contribution in [2.24, 2.45) is 0 Å². The molecule has 0 unspecified atom stereocenters. The van der Waals surface area contributed by atoms with Gasteiger partial charge in [-0.3, -0.25) is 4.90 Å². The fraction of sp³-hybridized carbons (Fsp3) is 0.591. The summed E-state index contributed by atoms with van der Waals surface area (Å²) in [6, 6.07) is 4.31. The van der Waals surface area contributed by atoms with Crippen molar-refractivity contribution in [1.29, 1.82) is 0 Å². The molecule has 0 spiro atoms. The van der Waals surface area contributed by atoms with E-state index in [0.29, 0.717) is 0 Å². The minimum Gasteiger partial charge on any atom is -0.356 e. The van der Waals surface area contributed by atoms with Crippen LogP contribution in [0.3, 0.4) is 0 Å². The highest BCUT2D eigenvalue weighted by Crippen LogP contribution is 2.26. The van der Waals surface area contributed by atoms with Crippen molar-refractivity contribution in [2.45, 2.75) is 65.0 Å². The number of anilines is 1. The predicted molar refractivity (Wildman–Crippen MR) is 109 cm³/mol. The van der Waals surface area contributed by atoms with Gasteiger partial charge in [-0.2, -0.15) is 0 Å². The van der Waals surface area contributed by atoms with Crippen molar-refractivity contribution in [3.8, 4) is 0 Å². The molecule has 2 aliphatic heterocycles. The van der Waals surface area contributed by atoms with E-state index >= 15 is 0 Å². The molecule has 0 amide bonds. The Morgan fingerprint density at radius 2 is 1.85 bits per heavy atom. The first-order valence-electron chi connectivity index (χ1n) is 10.3. The monoisotopic (exact) mass is 365 g/mol. The SMILES string of the molecule is CC(C)(C)c1ncc2c(n1)CCN(Cc1cccnc1N1CCCCC1)C2. The third kappa shape index (κ3) is 4.13. The van der Waals surface area contributed by atoms with E-state index < -0.39 is 0 Å². The molecule has 4 heterocycles.